The summed E-state index contributed by atoms with van der Waals surface area (Å²) in [5.74, 6) is 0.176. The minimum atomic E-state index is 0.176. The van der Waals surface area contributed by atoms with Crippen molar-refractivity contribution >= 4 is 23.2 Å². The summed E-state index contributed by atoms with van der Waals surface area (Å²) in [6.45, 7) is 7.32. The van der Waals surface area contributed by atoms with E-state index in [1.165, 1.54) is 11.3 Å². The van der Waals surface area contributed by atoms with Gasteiger partial charge in [0, 0.05) is 50.0 Å². The summed E-state index contributed by atoms with van der Waals surface area (Å²) in [5, 5.41) is 3.99. The van der Waals surface area contributed by atoms with E-state index >= 15 is 0 Å². The maximum Gasteiger partial charge on any atom is 0.236 e. The van der Waals surface area contributed by atoms with Gasteiger partial charge >= 0.3 is 0 Å². The van der Waals surface area contributed by atoms with E-state index in [2.05, 4.69) is 17.1 Å². The van der Waals surface area contributed by atoms with Crippen molar-refractivity contribution < 1.29 is 9.53 Å². The van der Waals surface area contributed by atoms with Gasteiger partial charge in [-0.25, -0.2) is 0 Å². The van der Waals surface area contributed by atoms with Crippen LogP contribution in [0.5, 0.6) is 0 Å². The Balaban J connectivity index is 1.44. The van der Waals surface area contributed by atoms with E-state index in [-0.39, 0.29) is 12.0 Å². The average molecular weight is 352 g/mol. The number of nitrogens with one attached hydrogen (secondary N) is 1. The molecular weight excluding hydrogens is 326 g/mol. The first-order valence-corrected chi connectivity index (χ1v) is 9.12. The number of benzene rings is 1. The van der Waals surface area contributed by atoms with Crippen LogP contribution in [0.1, 0.15) is 18.4 Å². The molecule has 3 rings (SSSR count). The Morgan fingerprint density at radius 1 is 1.33 bits per heavy atom. The highest BCUT2D eigenvalue weighted by molar-refractivity contribution is 6.30. The fraction of sp³-hybridized carbons (Fsp3) is 0.611. The molecule has 0 bridgehead atoms. The lowest BCUT2D eigenvalue weighted by Crippen LogP contribution is -2.51. The van der Waals surface area contributed by atoms with Crippen LogP contribution in [0.2, 0.25) is 5.02 Å². The van der Waals surface area contributed by atoms with Gasteiger partial charge in [0.05, 0.1) is 12.6 Å². The number of hydrogen-bond acceptors (Lipinski definition) is 4. The number of halogens is 1. The third-order valence-electron chi connectivity index (χ3n) is 4.82. The molecule has 0 aromatic heterocycles. The quantitative estimate of drug-likeness (QED) is 0.882. The topological polar surface area (TPSA) is 44.8 Å². The molecule has 2 heterocycles. The van der Waals surface area contributed by atoms with Crippen molar-refractivity contribution in [2.45, 2.75) is 25.9 Å². The first kappa shape index (κ1) is 17.5. The summed E-state index contributed by atoms with van der Waals surface area (Å²) in [6, 6.07) is 5.97. The molecule has 24 heavy (non-hydrogen) atoms. The SMILES string of the molecule is Cc1ccc(Cl)cc1N1CCN(C(=O)CNCC2CCCO2)CC1. The van der Waals surface area contributed by atoms with Crippen molar-refractivity contribution in [2.75, 3.05) is 50.8 Å². The second-order valence-corrected chi connectivity index (χ2v) is 7.00. The van der Waals surface area contributed by atoms with E-state index in [1.54, 1.807) is 0 Å². The Labute approximate surface area is 148 Å². The van der Waals surface area contributed by atoms with Crippen LogP contribution in [-0.2, 0) is 9.53 Å². The number of aryl methyl sites for hydroxylation is 1. The van der Waals surface area contributed by atoms with Gasteiger partial charge in [-0.15, -0.1) is 0 Å². The van der Waals surface area contributed by atoms with E-state index in [0.717, 1.165) is 57.2 Å². The van der Waals surface area contributed by atoms with Crippen molar-refractivity contribution in [2.24, 2.45) is 0 Å². The number of anilines is 1. The molecule has 1 atom stereocenters. The number of amides is 1. The zero-order valence-electron chi connectivity index (χ0n) is 14.3. The van der Waals surface area contributed by atoms with Gasteiger partial charge in [-0.1, -0.05) is 17.7 Å². The van der Waals surface area contributed by atoms with Gasteiger partial charge in [-0.3, -0.25) is 4.79 Å². The number of carbonyl (C=O) groups excluding carboxylic acids is 1. The molecule has 1 aromatic rings. The van der Waals surface area contributed by atoms with Crippen molar-refractivity contribution in [3.05, 3.63) is 28.8 Å². The van der Waals surface area contributed by atoms with Crippen LogP contribution in [0, 0.1) is 6.92 Å². The first-order chi connectivity index (χ1) is 11.6. The molecular formula is C18H26ClN3O2. The number of rotatable bonds is 5. The van der Waals surface area contributed by atoms with Crippen LogP contribution in [0.4, 0.5) is 5.69 Å². The smallest absolute Gasteiger partial charge is 0.236 e. The van der Waals surface area contributed by atoms with E-state index in [0.29, 0.717) is 6.54 Å². The van der Waals surface area contributed by atoms with Crippen molar-refractivity contribution in [1.82, 2.24) is 10.2 Å². The molecule has 1 aromatic carbocycles. The Hall–Kier alpha value is -1.30. The highest BCUT2D eigenvalue weighted by atomic mass is 35.5. The van der Waals surface area contributed by atoms with Gasteiger partial charge < -0.3 is 19.9 Å². The lowest BCUT2D eigenvalue weighted by molar-refractivity contribution is -0.130. The predicted molar refractivity (Wildman–Crippen MR) is 96.8 cm³/mol. The molecule has 2 fully saturated rings. The van der Waals surface area contributed by atoms with Crippen molar-refractivity contribution in [3.8, 4) is 0 Å². The monoisotopic (exact) mass is 351 g/mol. The minimum absolute atomic E-state index is 0.176. The highest BCUT2D eigenvalue weighted by Crippen LogP contribution is 2.25. The lowest BCUT2D eigenvalue weighted by atomic mass is 10.1. The summed E-state index contributed by atoms with van der Waals surface area (Å²) < 4.78 is 5.56. The van der Waals surface area contributed by atoms with Gasteiger partial charge in [0.15, 0.2) is 0 Å². The summed E-state index contributed by atoms with van der Waals surface area (Å²) in [6.07, 6.45) is 2.50. The van der Waals surface area contributed by atoms with E-state index in [9.17, 15) is 4.79 Å². The molecule has 0 radical (unpaired) electrons. The van der Waals surface area contributed by atoms with Crippen LogP contribution < -0.4 is 10.2 Å². The van der Waals surface area contributed by atoms with Crippen LogP contribution in [0.15, 0.2) is 18.2 Å². The standard InChI is InChI=1S/C18H26ClN3O2/c1-14-4-5-15(19)11-17(14)21-6-8-22(9-7-21)18(23)13-20-12-16-3-2-10-24-16/h4-5,11,16,20H,2-3,6-10,12-13H2,1H3. The van der Waals surface area contributed by atoms with Gasteiger partial charge in [0.25, 0.3) is 0 Å². The van der Waals surface area contributed by atoms with Crippen LogP contribution in [0.25, 0.3) is 0 Å². The third kappa shape index (κ3) is 4.41. The Morgan fingerprint density at radius 3 is 2.83 bits per heavy atom. The van der Waals surface area contributed by atoms with E-state index in [4.69, 9.17) is 16.3 Å². The second-order valence-electron chi connectivity index (χ2n) is 6.56. The molecule has 0 saturated carbocycles. The number of carbonyl (C=O) groups is 1. The summed E-state index contributed by atoms with van der Waals surface area (Å²) in [4.78, 5) is 16.6. The zero-order valence-corrected chi connectivity index (χ0v) is 15.0. The molecule has 1 unspecified atom stereocenters. The number of piperazine rings is 1. The number of hydrogen-bond donors (Lipinski definition) is 1. The number of ether oxygens (including phenoxy) is 1. The molecule has 1 N–H and O–H groups in total. The fourth-order valence-electron chi connectivity index (χ4n) is 3.38. The molecule has 6 heteroatoms. The number of nitrogens with zero attached hydrogens (tertiary/aromatic N) is 2. The van der Waals surface area contributed by atoms with E-state index < -0.39 is 0 Å². The largest absolute Gasteiger partial charge is 0.377 e. The molecule has 2 aliphatic rings. The summed E-state index contributed by atoms with van der Waals surface area (Å²) in [7, 11) is 0. The zero-order chi connectivity index (χ0) is 16.9. The third-order valence-corrected chi connectivity index (χ3v) is 5.05. The normalized spacial score (nSPS) is 21.3. The molecule has 0 spiro atoms. The highest BCUT2D eigenvalue weighted by Gasteiger charge is 2.22. The molecule has 2 saturated heterocycles. The Kier molecular flexibility index (Phi) is 5.98. The van der Waals surface area contributed by atoms with Crippen LogP contribution in [-0.4, -0.2) is 62.8 Å². The maximum atomic E-state index is 12.3. The lowest BCUT2D eigenvalue weighted by Gasteiger charge is -2.37. The molecule has 132 valence electrons. The van der Waals surface area contributed by atoms with E-state index in [1.807, 2.05) is 23.1 Å². The van der Waals surface area contributed by atoms with Gasteiger partial charge in [0.2, 0.25) is 5.91 Å². The second kappa shape index (κ2) is 8.19. The van der Waals surface area contributed by atoms with Crippen LogP contribution in [0.3, 0.4) is 0 Å². The maximum absolute atomic E-state index is 12.3. The molecule has 0 aliphatic carbocycles. The van der Waals surface area contributed by atoms with Crippen molar-refractivity contribution in [1.29, 1.82) is 0 Å². The van der Waals surface area contributed by atoms with Gasteiger partial charge in [0.1, 0.15) is 0 Å². The Morgan fingerprint density at radius 2 is 2.12 bits per heavy atom. The molecule has 5 nitrogen and oxygen atoms in total. The minimum Gasteiger partial charge on any atom is -0.377 e. The summed E-state index contributed by atoms with van der Waals surface area (Å²) >= 11 is 6.12. The molecule has 1 amide bonds. The van der Waals surface area contributed by atoms with Gasteiger partial charge in [-0.05, 0) is 37.5 Å². The fourth-order valence-corrected chi connectivity index (χ4v) is 3.54. The summed E-state index contributed by atoms with van der Waals surface area (Å²) in [5.41, 5.74) is 2.39. The Bertz CT molecular complexity index is 567. The predicted octanol–water partition coefficient (Wildman–Crippen LogP) is 2.07. The average Bonchev–Trinajstić information content (AvgIpc) is 3.10. The first-order valence-electron chi connectivity index (χ1n) is 8.74. The van der Waals surface area contributed by atoms with Crippen LogP contribution >= 0.6 is 11.6 Å². The van der Waals surface area contributed by atoms with Gasteiger partial charge in [-0.2, -0.15) is 0 Å². The van der Waals surface area contributed by atoms with Crippen molar-refractivity contribution in [3.63, 3.8) is 0 Å². The molecule has 2 aliphatic heterocycles.